The van der Waals surface area contributed by atoms with Gasteiger partial charge in [0.05, 0.1) is 38.7 Å². The summed E-state index contributed by atoms with van der Waals surface area (Å²) in [5.41, 5.74) is 1.60. The molecule has 0 bridgehead atoms. The molecule has 1 aliphatic heterocycles. The number of ether oxygens (including phenoxy) is 3. The van der Waals surface area contributed by atoms with E-state index in [-0.39, 0.29) is 17.7 Å². The normalized spacial score (nSPS) is 13.3. The summed E-state index contributed by atoms with van der Waals surface area (Å²) in [5, 5.41) is 2.83. The summed E-state index contributed by atoms with van der Waals surface area (Å²) in [7, 11) is 0. The molecule has 0 unspecified atom stereocenters. The third kappa shape index (κ3) is 8.44. The Hall–Kier alpha value is -2.55. The fourth-order valence-electron chi connectivity index (χ4n) is 2.85. The summed E-state index contributed by atoms with van der Waals surface area (Å²) in [6.07, 6.45) is 4.40. The first-order valence-electron chi connectivity index (χ1n) is 10.3. The predicted molar refractivity (Wildman–Crippen MR) is 112 cm³/mol. The van der Waals surface area contributed by atoms with Crippen LogP contribution in [0.2, 0.25) is 0 Å². The summed E-state index contributed by atoms with van der Waals surface area (Å²) in [5.74, 6) is -0.674. The molecule has 0 fully saturated rings. The van der Waals surface area contributed by atoms with Gasteiger partial charge in [0.1, 0.15) is 0 Å². The van der Waals surface area contributed by atoms with Crippen molar-refractivity contribution < 1.29 is 28.6 Å². The van der Waals surface area contributed by atoms with E-state index in [0.717, 1.165) is 16.9 Å². The van der Waals surface area contributed by atoms with E-state index in [1.54, 1.807) is 12.1 Å². The van der Waals surface area contributed by atoms with Crippen LogP contribution in [-0.4, -0.2) is 63.9 Å². The van der Waals surface area contributed by atoms with Gasteiger partial charge in [0, 0.05) is 31.7 Å². The molecule has 1 aromatic rings. The minimum absolute atomic E-state index is 0.0116. The average molecular weight is 418 g/mol. The van der Waals surface area contributed by atoms with Crippen LogP contribution in [0.15, 0.2) is 36.4 Å². The molecule has 8 nitrogen and oxygen atoms in total. The number of benzene rings is 1. The molecule has 0 spiro atoms. The highest BCUT2D eigenvalue weighted by atomic mass is 16.5. The summed E-state index contributed by atoms with van der Waals surface area (Å²) in [4.78, 5) is 36.4. The molecule has 2 rings (SSSR count). The van der Waals surface area contributed by atoms with Crippen LogP contribution in [-0.2, 0) is 35.0 Å². The average Bonchev–Trinajstić information content (AvgIpc) is 3.08. The van der Waals surface area contributed by atoms with E-state index in [2.05, 4.69) is 5.32 Å². The third-order valence-electron chi connectivity index (χ3n) is 4.39. The number of nitrogens with one attached hydrogen (secondary N) is 1. The van der Waals surface area contributed by atoms with Crippen molar-refractivity contribution in [3.63, 3.8) is 0 Å². The molecule has 1 N–H and O–H groups in total. The quantitative estimate of drug-likeness (QED) is 0.344. The molecule has 8 heteroatoms. The third-order valence-corrected chi connectivity index (χ3v) is 4.39. The maximum absolute atomic E-state index is 11.9. The molecule has 0 radical (unpaired) electrons. The van der Waals surface area contributed by atoms with Gasteiger partial charge in [-0.2, -0.15) is 0 Å². The second kappa shape index (κ2) is 13.6. The van der Waals surface area contributed by atoms with Gasteiger partial charge >= 0.3 is 0 Å². The Labute approximate surface area is 177 Å². The second-order valence-corrected chi connectivity index (χ2v) is 6.64. The van der Waals surface area contributed by atoms with E-state index in [1.165, 1.54) is 12.2 Å². The van der Waals surface area contributed by atoms with E-state index in [1.807, 2.05) is 19.1 Å². The Morgan fingerprint density at radius 2 is 1.50 bits per heavy atom. The predicted octanol–water partition coefficient (Wildman–Crippen LogP) is 1.62. The SMILES string of the molecule is CCOCCOCCOCCNC(=O)CCCc1ccc(N2C(=O)C=CC2=O)cc1. The van der Waals surface area contributed by atoms with Crippen LogP contribution in [0.5, 0.6) is 0 Å². The summed E-state index contributed by atoms with van der Waals surface area (Å²) < 4.78 is 15.9. The molecule has 0 aliphatic carbocycles. The lowest BCUT2D eigenvalue weighted by Crippen LogP contribution is -2.29. The molecule has 3 amide bonds. The van der Waals surface area contributed by atoms with Crippen LogP contribution >= 0.6 is 0 Å². The van der Waals surface area contributed by atoms with Gasteiger partial charge < -0.3 is 19.5 Å². The van der Waals surface area contributed by atoms with Gasteiger partial charge in [-0.1, -0.05) is 12.1 Å². The van der Waals surface area contributed by atoms with Crippen molar-refractivity contribution in [1.29, 1.82) is 0 Å². The van der Waals surface area contributed by atoms with Crippen LogP contribution in [0.1, 0.15) is 25.3 Å². The molecular formula is C22H30N2O6. The van der Waals surface area contributed by atoms with Crippen molar-refractivity contribution in [2.75, 3.05) is 51.1 Å². The smallest absolute Gasteiger partial charge is 0.258 e. The molecule has 0 atom stereocenters. The first-order chi connectivity index (χ1) is 14.6. The van der Waals surface area contributed by atoms with Crippen LogP contribution in [0.4, 0.5) is 5.69 Å². The number of hydrogen-bond acceptors (Lipinski definition) is 6. The molecule has 0 saturated carbocycles. The van der Waals surface area contributed by atoms with E-state index in [0.29, 0.717) is 64.7 Å². The maximum Gasteiger partial charge on any atom is 0.258 e. The highest BCUT2D eigenvalue weighted by Gasteiger charge is 2.24. The number of nitrogens with zero attached hydrogens (tertiary/aromatic N) is 1. The van der Waals surface area contributed by atoms with Crippen LogP contribution in [0.3, 0.4) is 0 Å². The molecular weight excluding hydrogens is 388 g/mol. The first-order valence-corrected chi connectivity index (χ1v) is 10.3. The lowest BCUT2D eigenvalue weighted by Gasteiger charge is -2.14. The highest BCUT2D eigenvalue weighted by molar-refractivity contribution is 6.28. The van der Waals surface area contributed by atoms with E-state index >= 15 is 0 Å². The van der Waals surface area contributed by atoms with E-state index < -0.39 is 0 Å². The molecule has 0 saturated heterocycles. The van der Waals surface area contributed by atoms with Gasteiger partial charge in [0.2, 0.25) is 5.91 Å². The Morgan fingerprint density at radius 1 is 0.900 bits per heavy atom. The monoisotopic (exact) mass is 418 g/mol. The molecule has 1 aliphatic rings. The van der Waals surface area contributed by atoms with Crippen LogP contribution in [0, 0.1) is 0 Å². The van der Waals surface area contributed by atoms with Crippen molar-refractivity contribution in [2.24, 2.45) is 0 Å². The lowest BCUT2D eigenvalue weighted by atomic mass is 10.1. The van der Waals surface area contributed by atoms with Crippen molar-refractivity contribution in [2.45, 2.75) is 26.2 Å². The molecule has 30 heavy (non-hydrogen) atoms. The van der Waals surface area contributed by atoms with Crippen molar-refractivity contribution in [1.82, 2.24) is 5.32 Å². The minimum Gasteiger partial charge on any atom is -0.379 e. The number of aryl methyl sites for hydroxylation is 1. The number of hydrogen-bond donors (Lipinski definition) is 1. The number of imide groups is 1. The fraction of sp³-hybridized carbons (Fsp3) is 0.500. The van der Waals surface area contributed by atoms with E-state index in [4.69, 9.17) is 14.2 Å². The highest BCUT2D eigenvalue weighted by Crippen LogP contribution is 2.20. The Balaban J connectivity index is 1.51. The maximum atomic E-state index is 11.9. The van der Waals surface area contributed by atoms with Gasteiger partial charge in [-0.15, -0.1) is 0 Å². The topological polar surface area (TPSA) is 94.2 Å². The summed E-state index contributed by atoms with van der Waals surface area (Å²) in [6, 6.07) is 7.24. The summed E-state index contributed by atoms with van der Waals surface area (Å²) >= 11 is 0. The number of carbonyl (C=O) groups is 3. The zero-order chi connectivity index (χ0) is 21.6. The zero-order valence-corrected chi connectivity index (χ0v) is 17.4. The van der Waals surface area contributed by atoms with Gasteiger partial charge in [-0.3, -0.25) is 14.4 Å². The van der Waals surface area contributed by atoms with Crippen LogP contribution in [0.25, 0.3) is 0 Å². The summed E-state index contributed by atoms with van der Waals surface area (Å²) in [6.45, 7) is 5.69. The van der Waals surface area contributed by atoms with Crippen molar-refractivity contribution in [3.05, 3.63) is 42.0 Å². The van der Waals surface area contributed by atoms with Crippen molar-refractivity contribution >= 4 is 23.4 Å². The largest absolute Gasteiger partial charge is 0.379 e. The zero-order valence-electron chi connectivity index (χ0n) is 17.4. The van der Waals surface area contributed by atoms with Crippen LogP contribution < -0.4 is 10.2 Å². The van der Waals surface area contributed by atoms with Gasteiger partial charge in [0.25, 0.3) is 11.8 Å². The minimum atomic E-state index is -0.331. The fourth-order valence-corrected chi connectivity index (χ4v) is 2.85. The Bertz CT molecular complexity index is 699. The number of rotatable bonds is 15. The van der Waals surface area contributed by atoms with E-state index in [9.17, 15) is 14.4 Å². The van der Waals surface area contributed by atoms with Crippen molar-refractivity contribution in [3.8, 4) is 0 Å². The Kier molecular flexibility index (Phi) is 10.8. The molecule has 0 aromatic heterocycles. The van der Waals surface area contributed by atoms with Gasteiger partial charge in [0.15, 0.2) is 0 Å². The number of anilines is 1. The second-order valence-electron chi connectivity index (χ2n) is 6.64. The lowest BCUT2D eigenvalue weighted by molar-refractivity contribution is -0.122. The standard InChI is InChI=1S/C22H30N2O6/c1-2-28-14-15-30-17-16-29-13-12-23-20(25)5-3-4-18-6-8-19(9-7-18)24-21(26)10-11-22(24)27/h6-11H,2-5,12-17H2,1H3,(H,23,25). The molecule has 1 heterocycles. The van der Waals surface area contributed by atoms with Gasteiger partial charge in [-0.05, 0) is 37.5 Å². The number of carbonyl (C=O) groups excluding carboxylic acids is 3. The molecule has 164 valence electrons. The first kappa shape index (κ1) is 23.7. The number of amides is 3. The van der Waals surface area contributed by atoms with Gasteiger partial charge in [-0.25, -0.2) is 4.90 Å². The Morgan fingerprint density at radius 3 is 2.13 bits per heavy atom. The molecule has 1 aromatic carbocycles.